The molecule has 2 aromatic carbocycles. The summed E-state index contributed by atoms with van der Waals surface area (Å²) in [5.41, 5.74) is 7.83. The van der Waals surface area contributed by atoms with E-state index < -0.39 is 5.91 Å². The van der Waals surface area contributed by atoms with E-state index in [1.165, 1.54) is 6.20 Å². The molecule has 0 radical (unpaired) electrons. The Morgan fingerprint density at radius 2 is 1.96 bits per heavy atom. The van der Waals surface area contributed by atoms with Crippen LogP contribution in [0.15, 0.2) is 60.3 Å². The Hall–Kier alpha value is -3.46. The van der Waals surface area contributed by atoms with E-state index in [0.29, 0.717) is 24.3 Å². The highest BCUT2D eigenvalue weighted by Crippen LogP contribution is 2.17. The molecule has 0 saturated carbocycles. The van der Waals surface area contributed by atoms with Crippen molar-refractivity contribution < 1.29 is 9.53 Å². The zero-order valence-corrected chi connectivity index (χ0v) is 14.0. The average molecular weight is 336 g/mol. The van der Waals surface area contributed by atoms with Gasteiger partial charge in [0.25, 0.3) is 5.91 Å². The first kappa shape index (κ1) is 17.9. The van der Waals surface area contributed by atoms with Crippen molar-refractivity contribution in [2.24, 2.45) is 0 Å². The highest BCUT2D eigenvalue weighted by molar-refractivity contribution is 6.06. The smallest absolute Gasteiger partial charge is 0.267 e. The van der Waals surface area contributed by atoms with Gasteiger partial charge in [0.05, 0.1) is 7.11 Å². The van der Waals surface area contributed by atoms with Crippen molar-refractivity contribution >= 4 is 17.3 Å². The van der Waals surface area contributed by atoms with E-state index in [9.17, 15) is 4.79 Å². The largest absolute Gasteiger partial charge is 0.496 e. The maximum absolute atomic E-state index is 12.1. The van der Waals surface area contributed by atoms with E-state index in [0.717, 1.165) is 11.3 Å². The van der Waals surface area contributed by atoms with Gasteiger partial charge in [-0.1, -0.05) is 18.2 Å². The summed E-state index contributed by atoms with van der Waals surface area (Å²) >= 11 is 0. The molecule has 0 bridgehead atoms. The molecule has 0 fully saturated rings. The summed E-state index contributed by atoms with van der Waals surface area (Å²) in [6, 6.07) is 16.3. The molecule has 2 rings (SSSR count). The van der Waals surface area contributed by atoms with Crippen molar-refractivity contribution in [1.29, 1.82) is 5.26 Å². The summed E-state index contributed by atoms with van der Waals surface area (Å²) in [7, 11) is 1.63. The van der Waals surface area contributed by atoms with Crippen LogP contribution in [0.3, 0.4) is 0 Å². The average Bonchev–Trinajstić information content (AvgIpc) is 2.64. The zero-order valence-electron chi connectivity index (χ0n) is 14.0. The molecule has 0 atom stereocenters. The van der Waals surface area contributed by atoms with E-state index in [1.54, 1.807) is 31.4 Å². The number of ether oxygens (including phenoxy) is 1. The maximum Gasteiger partial charge on any atom is 0.267 e. The van der Waals surface area contributed by atoms with Gasteiger partial charge in [0.1, 0.15) is 17.4 Å². The number of nitrogen functional groups attached to an aromatic ring is 1. The lowest BCUT2D eigenvalue weighted by Crippen LogP contribution is -2.18. The van der Waals surface area contributed by atoms with Crippen LogP contribution in [0.5, 0.6) is 5.75 Å². The number of carbonyl (C=O) groups is 1. The van der Waals surface area contributed by atoms with Gasteiger partial charge >= 0.3 is 0 Å². The van der Waals surface area contributed by atoms with Crippen molar-refractivity contribution in [2.75, 3.05) is 24.7 Å². The molecule has 0 aliphatic heterocycles. The van der Waals surface area contributed by atoms with Gasteiger partial charge in [-0.05, 0) is 42.3 Å². The first-order valence-electron chi connectivity index (χ1n) is 7.76. The van der Waals surface area contributed by atoms with Crippen LogP contribution < -0.4 is 21.1 Å². The lowest BCUT2D eigenvalue weighted by Gasteiger charge is -2.08. The summed E-state index contributed by atoms with van der Waals surface area (Å²) in [6.45, 7) is 0.570. The molecular weight excluding hydrogens is 316 g/mol. The Balaban J connectivity index is 1.90. The van der Waals surface area contributed by atoms with Gasteiger partial charge in [-0.3, -0.25) is 4.79 Å². The lowest BCUT2D eigenvalue weighted by molar-refractivity contribution is -0.112. The predicted molar refractivity (Wildman–Crippen MR) is 97.9 cm³/mol. The van der Waals surface area contributed by atoms with E-state index >= 15 is 0 Å². The number of methoxy groups -OCH3 is 1. The summed E-state index contributed by atoms with van der Waals surface area (Å²) < 4.78 is 5.29. The number of nitrogens with two attached hydrogens (primary N) is 1. The number of rotatable bonds is 7. The summed E-state index contributed by atoms with van der Waals surface area (Å²) in [6.07, 6.45) is 2.13. The summed E-state index contributed by atoms with van der Waals surface area (Å²) in [5, 5.41) is 14.8. The third-order valence-electron chi connectivity index (χ3n) is 3.51. The van der Waals surface area contributed by atoms with Crippen LogP contribution in [0.2, 0.25) is 0 Å². The fourth-order valence-corrected chi connectivity index (χ4v) is 2.20. The Morgan fingerprint density at radius 3 is 2.64 bits per heavy atom. The molecular formula is C19H20N4O2. The maximum atomic E-state index is 12.1. The lowest BCUT2D eigenvalue weighted by atomic mass is 10.1. The number of anilines is 2. The van der Waals surface area contributed by atoms with Gasteiger partial charge in [0, 0.05) is 24.1 Å². The highest BCUT2D eigenvalue weighted by atomic mass is 16.5. The van der Waals surface area contributed by atoms with E-state index in [4.69, 9.17) is 15.7 Å². The van der Waals surface area contributed by atoms with Crippen LogP contribution >= 0.6 is 0 Å². The third kappa shape index (κ3) is 5.29. The molecule has 2 aromatic rings. The number of carbonyl (C=O) groups excluding carboxylic acids is 1. The van der Waals surface area contributed by atoms with Crippen molar-refractivity contribution in [3.8, 4) is 11.8 Å². The predicted octanol–water partition coefficient (Wildman–Crippen LogP) is 2.46. The van der Waals surface area contributed by atoms with Crippen LogP contribution in [0.1, 0.15) is 5.56 Å². The highest BCUT2D eigenvalue weighted by Gasteiger charge is 2.09. The molecule has 4 N–H and O–H groups in total. The van der Waals surface area contributed by atoms with Crippen LogP contribution in [-0.4, -0.2) is 19.6 Å². The molecule has 25 heavy (non-hydrogen) atoms. The van der Waals surface area contributed by atoms with Gasteiger partial charge in [-0.2, -0.15) is 5.26 Å². The minimum atomic E-state index is -0.475. The molecule has 6 nitrogen and oxygen atoms in total. The number of para-hydroxylation sites is 1. The molecule has 0 heterocycles. The Labute approximate surface area is 146 Å². The van der Waals surface area contributed by atoms with Crippen molar-refractivity contribution in [1.82, 2.24) is 5.32 Å². The molecule has 1 amide bonds. The standard InChI is InChI=1S/C19H20N4O2/c1-25-18-5-3-2-4-14(18)10-11-22-13-15(12-20)19(24)23-17-8-6-16(21)7-9-17/h2-9,13,22H,10-11,21H2,1H3,(H,23,24)/b15-13-. The van der Waals surface area contributed by atoms with E-state index in [-0.39, 0.29) is 5.57 Å². The van der Waals surface area contributed by atoms with Crippen LogP contribution in [-0.2, 0) is 11.2 Å². The minimum Gasteiger partial charge on any atom is -0.496 e. The number of benzene rings is 2. The SMILES string of the molecule is COc1ccccc1CCN/C=C(/C#N)C(=O)Nc1ccc(N)cc1. The number of hydrogen-bond donors (Lipinski definition) is 3. The molecule has 0 unspecified atom stereocenters. The minimum absolute atomic E-state index is 0.00292. The number of amides is 1. The fourth-order valence-electron chi connectivity index (χ4n) is 2.20. The van der Waals surface area contributed by atoms with E-state index in [1.807, 2.05) is 30.3 Å². The van der Waals surface area contributed by atoms with Gasteiger partial charge < -0.3 is 21.1 Å². The quantitative estimate of drug-likeness (QED) is 0.312. The molecule has 6 heteroatoms. The normalized spacial score (nSPS) is 10.6. The first-order valence-corrected chi connectivity index (χ1v) is 7.76. The van der Waals surface area contributed by atoms with E-state index in [2.05, 4.69) is 10.6 Å². The second-order valence-corrected chi connectivity index (χ2v) is 5.26. The van der Waals surface area contributed by atoms with Crippen LogP contribution in [0.25, 0.3) is 0 Å². The molecule has 0 aliphatic rings. The van der Waals surface area contributed by atoms with Crippen LogP contribution in [0.4, 0.5) is 11.4 Å². The number of nitrogens with one attached hydrogen (secondary N) is 2. The Morgan fingerprint density at radius 1 is 1.24 bits per heavy atom. The van der Waals surface area contributed by atoms with Gasteiger partial charge in [-0.25, -0.2) is 0 Å². The van der Waals surface area contributed by atoms with Crippen LogP contribution in [0, 0.1) is 11.3 Å². The Kier molecular flexibility index (Phi) is 6.43. The number of hydrogen-bond acceptors (Lipinski definition) is 5. The Bertz CT molecular complexity index is 792. The van der Waals surface area contributed by atoms with Crippen molar-refractivity contribution in [3.63, 3.8) is 0 Å². The second kappa shape index (κ2) is 8.99. The van der Waals surface area contributed by atoms with Crippen molar-refractivity contribution in [2.45, 2.75) is 6.42 Å². The zero-order chi connectivity index (χ0) is 18.1. The summed E-state index contributed by atoms with van der Waals surface area (Å²) in [4.78, 5) is 12.1. The second-order valence-electron chi connectivity index (χ2n) is 5.26. The van der Waals surface area contributed by atoms with Gasteiger partial charge in [0.15, 0.2) is 0 Å². The topological polar surface area (TPSA) is 100 Å². The number of nitrogens with zero attached hydrogens (tertiary/aromatic N) is 1. The third-order valence-corrected chi connectivity index (χ3v) is 3.51. The monoisotopic (exact) mass is 336 g/mol. The molecule has 0 aliphatic carbocycles. The first-order chi connectivity index (χ1) is 12.1. The van der Waals surface area contributed by atoms with Gasteiger partial charge in [0.2, 0.25) is 0 Å². The van der Waals surface area contributed by atoms with Crippen molar-refractivity contribution in [3.05, 3.63) is 65.9 Å². The summed E-state index contributed by atoms with van der Waals surface area (Å²) in [5.74, 6) is 0.340. The van der Waals surface area contributed by atoms with Gasteiger partial charge in [-0.15, -0.1) is 0 Å². The fraction of sp³-hybridized carbons (Fsp3) is 0.158. The molecule has 128 valence electrons. The molecule has 0 saturated heterocycles. The number of nitriles is 1. The molecule has 0 spiro atoms. The molecule has 0 aromatic heterocycles.